The minimum atomic E-state index is -1.15. The fraction of sp³-hybridized carbons (Fsp3) is 0.160. The lowest BCUT2D eigenvalue weighted by atomic mass is 10.0. The van der Waals surface area contributed by atoms with E-state index in [2.05, 4.69) is 20.5 Å². The SMILES string of the molecule is O=C(N[C@H](Cc1ccccn1)[C@H](O)CO)c1ccccc1-c1cc(-c2ccc(F)cc2)n[nH]1. The van der Waals surface area contributed by atoms with Crippen molar-refractivity contribution in [3.63, 3.8) is 0 Å². The highest BCUT2D eigenvalue weighted by atomic mass is 19.1. The van der Waals surface area contributed by atoms with Gasteiger partial charge in [0.1, 0.15) is 5.82 Å². The van der Waals surface area contributed by atoms with E-state index in [9.17, 15) is 19.4 Å². The number of nitrogens with zero attached hydrogens (tertiary/aromatic N) is 2. The summed E-state index contributed by atoms with van der Waals surface area (Å²) in [4.78, 5) is 17.4. The standard InChI is InChI=1S/C25H23FN4O3/c26-17-10-8-16(9-11-17)21-14-22(30-29-21)19-6-1-2-7-20(19)25(33)28-23(24(32)15-31)13-18-5-3-4-12-27-18/h1-12,14,23-24,31-32H,13,15H2,(H,28,33)(H,29,30)/t23-,24-/m1/s1. The summed E-state index contributed by atoms with van der Waals surface area (Å²) < 4.78 is 13.2. The molecule has 2 heterocycles. The van der Waals surface area contributed by atoms with Crippen LogP contribution < -0.4 is 5.32 Å². The van der Waals surface area contributed by atoms with Gasteiger partial charge in [0, 0.05) is 35.0 Å². The minimum absolute atomic E-state index is 0.259. The van der Waals surface area contributed by atoms with Gasteiger partial charge >= 0.3 is 0 Å². The first-order chi connectivity index (χ1) is 16.0. The molecule has 0 saturated heterocycles. The van der Waals surface area contributed by atoms with Crippen LogP contribution in [-0.4, -0.2) is 50.1 Å². The van der Waals surface area contributed by atoms with Gasteiger partial charge in [-0.25, -0.2) is 4.39 Å². The Morgan fingerprint density at radius 2 is 1.82 bits per heavy atom. The molecule has 4 rings (SSSR count). The van der Waals surface area contributed by atoms with E-state index in [0.29, 0.717) is 28.2 Å². The Labute approximate surface area is 190 Å². The maximum absolute atomic E-state index is 13.2. The molecule has 2 aromatic carbocycles. The lowest BCUT2D eigenvalue weighted by molar-refractivity contribution is 0.0565. The summed E-state index contributed by atoms with van der Waals surface area (Å²) in [6.45, 7) is -0.499. The van der Waals surface area contributed by atoms with E-state index >= 15 is 0 Å². The van der Waals surface area contributed by atoms with Crippen LogP contribution >= 0.6 is 0 Å². The number of aromatic nitrogens is 3. The molecule has 0 aliphatic carbocycles. The molecule has 0 saturated carbocycles. The molecule has 1 amide bonds. The molecule has 0 fully saturated rings. The molecular formula is C25H23FN4O3. The number of pyridine rings is 1. The van der Waals surface area contributed by atoms with Crippen molar-refractivity contribution in [2.75, 3.05) is 6.61 Å². The van der Waals surface area contributed by atoms with Gasteiger partial charge in [-0.05, 0) is 48.5 Å². The number of hydrogen-bond acceptors (Lipinski definition) is 5. The first-order valence-electron chi connectivity index (χ1n) is 10.5. The zero-order valence-electron chi connectivity index (χ0n) is 17.6. The molecule has 4 N–H and O–H groups in total. The second kappa shape index (κ2) is 10.2. The third-order valence-corrected chi connectivity index (χ3v) is 5.30. The van der Waals surface area contributed by atoms with E-state index < -0.39 is 24.7 Å². The van der Waals surface area contributed by atoms with E-state index in [1.165, 1.54) is 12.1 Å². The van der Waals surface area contributed by atoms with E-state index in [1.54, 1.807) is 60.8 Å². The number of carbonyl (C=O) groups excluding carboxylic acids is 1. The van der Waals surface area contributed by atoms with E-state index in [0.717, 1.165) is 5.56 Å². The summed E-state index contributed by atoms with van der Waals surface area (Å²) in [6, 6.07) is 19.4. The number of hydrogen-bond donors (Lipinski definition) is 4. The summed E-state index contributed by atoms with van der Waals surface area (Å²) >= 11 is 0. The summed E-state index contributed by atoms with van der Waals surface area (Å²) in [5, 5.41) is 29.8. The molecule has 0 spiro atoms. The van der Waals surface area contributed by atoms with Gasteiger partial charge in [0.05, 0.1) is 30.1 Å². The normalized spacial score (nSPS) is 12.8. The molecule has 2 aromatic heterocycles. The molecule has 0 bridgehead atoms. The monoisotopic (exact) mass is 446 g/mol. The Kier molecular flexibility index (Phi) is 6.87. The van der Waals surface area contributed by atoms with E-state index in [-0.39, 0.29) is 12.2 Å². The fourth-order valence-corrected chi connectivity index (χ4v) is 3.55. The van der Waals surface area contributed by atoms with Crippen LogP contribution in [-0.2, 0) is 6.42 Å². The number of rotatable bonds is 8. The molecule has 4 aromatic rings. The van der Waals surface area contributed by atoms with E-state index in [1.807, 2.05) is 6.07 Å². The van der Waals surface area contributed by atoms with Gasteiger partial charge in [0.25, 0.3) is 5.91 Å². The van der Waals surface area contributed by atoms with Gasteiger partial charge < -0.3 is 15.5 Å². The van der Waals surface area contributed by atoms with Crippen LogP contribution in [0.4, 0.5) is 4.39 Å². The Morgan fingerprint density at radius 3 is 2.55 bits per heavy atom. The van der Waals surface area contributed by atoms with Crippen molar-refractivity contribution in [1.29, 1.82) is 0 Å². The second-order valence-electron chi connectivity index (χ2n) is 7.57. The topological polar surface area (TPSA) is 111 Å². The average Bonchev–Trinajstić information content (AvgIpc) is 3.34. The summed E-state index contributed by atoms with van der Waals surface area (Å²) in [5.41, 5.74) is 3.64. The Morgan fingerprint density at radius 1 is 1.06 bits per heavy atom. The number of H-pyrrole nitrogens is 1. The number of aromatic amines is 1. The number of carbonyl (C=O) groups is 1. The minimum Gasteiger partial charge on any atom is -0.394 e. The maximum atomic E-state index is 13.2. The van der Waals surface area contributed by atoms with Crippen molar-refractivity contribution in [2.45, 2.75) is 18.6 Å². The van der Waals surface area contributed by atoms with Crippen molar-refractivity contribution < 1.29 is 19.4 Å². The van der Waals surface area contributed by atoms with Crippen LogP contribution in [0.3, 0.4) is 0 Å². The Balaban J connectivity index is 1.58. The molecule has 0 radical (unpaired) electrons. The Bertz CT molecular complexity index is 1210. The van der Waals surface area contributed by atoms with Gasteiger partial charge in [-0.2, -0.15) is 5.10 Å². The van der Waals surface area contributed by atoms with Crippen LogP contribution in [0.15, 0.2) is 79.0 Å². The molecule has 7 nitrogen and oxygen atoms in total. The van der Waals surface area contributed by atoms with Gasteiger partial charge in [-0.1, -0.05) is 24.3 Å². The molecule has 8 heteroatoms. The number of amides is 1. The van der Waals surface area contributed by atoms with Gasteiger partial charge in [0.2, 0.25) is 0 Å². The predicted molar refractivity (Wildman–Crippen MR) is 122 cm³/mol. The molecule has 0 aliphatic heterocycles. The van der Waals surface area contributed by atoms with Crippen LogP contribution in [0.1, 0.15) is 16.1 Å². The van der Waals surface area contributed by atoms with Crippen LogP contribution in [0.2, 0.25) is 0 Å². The fourth-order valence-electron chi connectivity index (χ4n) is 3.55. The first-order valence-corrected chi connectivity index (χ1v) is 10.5. The van der Waals surface area contributed by atoms with Crippen molar-refractivity contribution in [3.05, 3.63) is 96.1 Å². The van der Waals surface area contributed by atoms with Crippen molar-refractivity contribution >= 4 is 5.91 Å². The number of halogens is 1. The summed E-state index contributed by atoms with van der Waals surface area (Å²) in [6.07, 6.45) is 0.737. The first kappa shape index (κ1) is 22.3. The average molecular weight is 446 g/mol. The zero-order chi connectivity index (χ0) is 23.2. The van der Waals surface area contributed by atoms with Crippen LogP contribution in [0, 0.1) is 5.82 Å². The second-order valence-corrected chi connectivity index (χ2v) is 7.57. The van der Waals surface area contributed by atoms with E-state index in [4.69, 9.17) is 0 Å². The van der Waals surface area contributed by atoms with Crippen LogP contribution in [0.5, 0.6) is 0 Å². The number of aliphatic hydroxyl groups is 2. The molecule has 168 valence electrons. The lowest BCUT2D eigenvalue weighted by Gasteiger charge is -2.23. The largest absolute Gasteiger partial charge is 0.394 e. The zero-order valence-corrected chi connectivity index (χ0v) is 17.6. The summed E-state index contributed by atoms with van der Waals surface area (Å²) in [5.74, 6) is -0.737. The van der Waals surface area contributed by atoms with Gasteiger partial charge in [-0.15, -0.1) is 0 Å². The highest BCUT2D eigenvalue weighted by Gasteiger charge is 2.24. The van der Waals surface area contributed by atoms with Crippen molar-refractivity contribution in [3.8, 4) is 22.5 Å². The number of aliphatic hydroxyl groups excluding tert-OH is 2. The molecule has 33 heavy (non-hydrogen) atoms. The van der Waals surface area contributed by atoms with Gasteiger partial charge in [0.15, 0.2) is 0 Å². The lowest BCUT2D eigenvalue weighted by Crippen LogP contribution is -2.46. The third kappa shape index (κ3) is 5.31. The number of nitrogens with one attached hydrogen (secondary N) is 2. The molecule has 0 unspecified atom stereocenters. The Hall–Kier alpha value is -3.88. The van der Waals surface area contributed by atoms with Crippen LogP contribution in [0.25, 0.3) is 22.5 Å². The molecular weight excluding hydrogens is 423 g/mol. The maximum Gasteiger partial charge on any atom is 0.252 e. The van der Waals surface area contributed by atoms with Gasteiger partial charge in [-0.3, -0.25) is 14.9 Å². The molecule has 0 aliphatic rings. The summed E-state index contributed by atoms with van der Waals surface area (Å²) in [7, 11) is 0. The number of benzene rings is 2. The highest BCUT2D eigenvalue weighted by molar-refractivity contribution is 6.00. The van der Waals surface area contributed by atoms with Crippen molar-refractivity contribution in [1.82, 2.24) is 20.5 Å². The molecule has 2 atom stereocenters. The smallest absolute Gasteiger partial charge is 0.252 e. The third-order valence-electron chi connectivity index (χ3n) is 5.30. The van der Waals surface area contributed by atoms with Crippen molar-refractivity contribution in [2.24, 2.45) is 0 Å². The predicted octanol–water partition coefficient (Wildman–Crippen LogP) is 2.97. The quantitative estimate of drug-likeness (QED) is 0.333. The highest BCUT2D eigenvalue weighted by Crippen LogP contribution is 2.26.